The zero-order valence-corrected chi connectivity index (χ0v) is 7.92. The molecule has 1 aliphatic heterocycles. The van der Waals surface area contributed by atoms with Crippen LogP contribution in [0.1, 0.15) is 32.1 Å². The molecule has 0 saturated heterocycles. The second kappa shape index (κ2) is 4.23. The standard InChI is InChI=1S/C11H17FO/c12-10-6-7-11(13-8-10)9-4-2-1-3-5-9/h6-7,9-11H,1-5,8H2/t10-,11-/m0/s1. The van der Waals surface area contributed by atoms with E-state index in [1.165, 1.54) is 32.1 Å². The molecule has 0 aromatic rings. The predicted octanol–water partition coefficient (Wildman–Crippen LogP) is 2.86. The van der Waals surface area contributed by atoms with Gasteiger partial charge in [-0.2, -0.15) is 0 Å². The number of hydrogen-bond acceptors (Lipinski definition) is 1. The Morgan fingerprint density at radius 2 is 1.85 bits per heavy atom. The molecule has 0 aromatic heterocycles. The van der Waals surface area contributed by atoms with Crippen LogP contribution in [-0.2, 0) is 4.74 Å². The van der Waals surface area contributed by atoms with Crippen molar-refractivity contribution in [1.29, 1.82) is 0 Å². The second-order valence-corrected chi connectivity index (χ2v) is 4.10. The van der Waals surface area contributed by atoms with Crippen molar-refractivity contribution in [3.63, 3.8) is 0 Å². The number of hydrogen-bond donors (Lipinski definition) is 0. The summed E-state index contributed by atoms with van der Waals surface area (Å²) < 4.78 is 18.2. The average molecular weight is 184 g/mol. The first-order chi connectivity index (χ1) is 6.36. The minimum absolute atomic E-state index is 0.201. The molecule has 1 heterocycles. The van der Waals surface area contributed by atoms with Crippen LogP contribution in [0, 0.1) is 5.92 Å². The minimum Gasteiger partial charge on any atom is -0.371 e. The van der Waals surface area contributed by atoms with Gasteiger partial charge in [-0.05, 0) is 24.8 Å². The lowest BCUT2D eigenvalue weighted by Gasteiger charge is -2.30. The first-order valence-corrected chi connectivity index (χ1v) is 5.30. The van der Waals surface area contributed by atoms with E-state index in [-0.39, 0.29) is 12.7 Å². The summed E-state index contributed by atoms with van der Waals surface area (Å²) in [7, 11) is 0. The Bertz CT molecular complexity index is 185. The lowest BCUT2D eigenvalue weighted by Crippen LogP contribution is -2.29. The van der Waals surface area contributed by atoms with Crippen LogP contribution >= 0.6 is 0 Å². The van der Waals surface area contributed by atoms with Gasteiger partial charge in [0.25, 0.3) is 0 Å². The van der Waals surface area contributed by atoms with Gasteiger partial charge in [0.2, 0.25) is 0 Å². The lowest BCUT2D eigenvalue weighted by molar-refractivity contribution is 0.00212. The monoisotopic (exact) mass is 184 g/mol. The third-order valence-corrected chi connectivity index (χ3v) is 3.07. The van der Waals surface area contributed by atoms with Crippen LogP contribution in [0.5, 0.6) is 0 Å². The molecule has 1 nitrogen and oxygen atoms in total. The molecule has 0 amide bonds. The summed E-state index contributed by atoms with van der Waals surface area (Å²) in [4.78, 5) is 0. The molecule has 0 spiro atoms. The van der Waals surface area contributed by atoms with Crippen molar-refractivity contribution >= 4 is 0 Å². The van der Waals surface area contributed by atoms with Crippen molar-refractivity contribution in [2.75, 3.05) is 6.61 Å². The van der Waals surface area contributed by atoms with Gasteiger partial charge in [-0.3, -0.25) is 0 Å². The fourth-order valence-electron chi connectivity index (χ4n) is 2.30. The zero-order valence-electron chi connectivity index (χ0n) is 7.92. The summed E-state index contributed by atoms with van der Waals surface area (Å²) in [5.41, 5.74) is 0. The predicted molar refractivity (Wildman–Crippen MR) is 50.4 cm³/mol. The smallest absolute Gasteiger partial charge is 0.142 e. The largest absolute Gasteiger partial charge is 0.371 e. The van der Waals surface area contributed by atoms with E-state index >= 15 is 0 Å². The fraction of sp³-hybridized carbons (Fsp3) is 0.818. The Morgan fingerprint density at radius 3 is 2.46 bits per heavy atom. The summed E-state index contributed by atoms with van der Waals surface area (Å²) in [6.07, 6.45) is 9.41. The van der Waals surface area contributed by atoms with E-state index < -0.39 is 6.17 Å². The first-order valence-electron chi connectivity index (χ1n) is 5.30. The van der Waals surface area contributed by atoms with E-state index in [1.807, 2.05) is 6.08 Å². The number of alkyl halides is 1. The highest BCUT2D eigenvalue weighted by atomic mass is 19.1. The number of rotatable bonds is 1. The maximum absolute atomic E-state index is 12.7. The lowest BCUT2D eigenvalue weighted by atomic mass is 9.84. The first kappa shape index (κ1) is 9.20. The molecule has 13 heavy (non-hydrogen) atoms. The summed E-state index contributed by atoms with van der Waals surface area (Å²) in [5.74, 6) is 0.650. The van der Waals surface area contributed by atoms with Crippen molar-refractivity contribution in [3.05, 3.63) is 12.2 Å². The van der Waals surface area contributed by atoms with Gasteiger partial charge in [0.15, 0.2) is 0 Å². The molecule has 0 N–H and O–H groups in total. The highest BCUT2D eigenvalue weighted by Crippen LogP contribution is 2.30. The zero-order chi connectivity index (χ0) is 9.10. The van der Waals surface area contributed by atoms with Crippen molar-refractivity contribution in [2.45, 2.75) is 44.4 Å². The van der Waals surface area contributed by atoms with E-state index in [4.69, 9.17) is 4.74 Å². The molecule has 74 valence electrons. The third kappa shape index (κ3) is 2.31. The molecule has 2 rings (SSSR count). The van der Waals surface area contributed by atoms with Crippen molar-refractivity contribution in [3.8, 4) is 0 Å². The van der Waals surface area contributed by atoms with E-state index in [9.17, 15) is 4.39 Å². The minimum atomic E-state index is -0.875. The van der Waals surface area contributed by atoms with Gasteiger partial charge in [0.05, 0.1) is 12.7 Å². The molecule has 1 fully saturated rings. The van der Waals surface area contributed by atoms with Crippen LogP contribution < -0.4 is 0 Å². The van der Waals surface area contributed by atoms with Crippen LogP contribution in [0.15, 0.2) is 12.2 Å². The van der Waals surface area contributed by atoms with Gasteiger partial charge in [-0.25, -0.2) is 4.39 Å². The normalized spacial score (nSPS) is 36.4. The molecule has 2 atom stereocenters. The summed E-state index contributed by atoms with van der Waals surface area (Å²) in [6.45, 7) is 0.262. The van der Waals surface area contributed by atoms with Crippen LogP contribution in [0.25, 0.3) is 0 Å². The topological polar surface area (TPSA) is 9.23 Å². The molecular formula is C11H17FO. The van der Waals surface area contributed by atoms with Crippen molar-refractivity contribution in [1.82, 2.24) is 0 Å². The maximum atomic E-state index is 12.7. The van der Waals surface area contributed by atoms with E-state index in [1.54, 1.807) is 6.08 Å². The SMILES string of the molecule is F[C@H]1C=C[C@@H](C2CCCCC2)OC1. The molecular weight excluding hydrogens is 167 g/mol. The number of halogens is 1. The van der Waals surface area contributed by atoms with Gasteiger partial charge < -0.3 is 4.74 Å². The third-order valence-electron chi connectivity index (χ3n) is 3.07. The molecule has 0 aromatic carbocycles. The van der Waals surface area contributed by atoms with E-state index in [0.717, 1.165) is 0 Å². The average Bonchev–Trinajstić information content (AvgIpc) is 2.20. The maximum Gasteiger partial charge on any atom is 0.142 e. The van der Waals surface area contributed by atoms with Crippen molar-refractivity contribution in [2.24, 2.45) is 5.92 Å². The highest BCUT2D eigenvalue weighted by Gasteiger charge is 2.25. The molecule has 2 aliphatic rings. The summed E-state index contributed by atoms with van der Waals surface area (Å²) >= 11 is 0. The van der Waals surface area contributed by atoms with Gasteiger partial charge in [-0.15, -0.1) is 0 Å². The summed E-state index contributed by atoms with van der Waals surface area (Å²) in [5, 5.41) is 0. The fourth-order valence-corrected chi connectivity index (χ4v) is 2.30. The van der Waals surface area contributed by atoms with Crippen LogP contribution in [0.3, 0.4) is 0 Å². The van der Waals surface area contributed by atoms with Crippen LogP contribution in [0.2, 0.25) is 0 Å². The van der Waals surface area contributed by atoms with Gasteiger partial charge in [-0.1, -0.05) is 25.3 Å². The Hall–Kier alpha value is -0.370. The summed E-state index contributed by atoms with van der Waals surface area (Å²) in [6, 6.07) is 0. The molecule has 0 radical (unpaired) electrons. The van der Waals surface area contributed by atoms with Gasteiger partial charge in [0.1, 0.15) is 6.17 Å². The second-order valence-electron chi connectivity index (χ2n) is 4.10. The molecule has 1 aliphatic carbocycles. The highest BCUT2D eigenvalue weighted by molar-refractivity contribution is 5.01. The quantitative estimate of drug-likeness (QED) is 0.569. The molecule has 2 heteroatoms. The Kier molecular flexibility index (Phi) is 2.99. The van der Waals surface area contributed by atoms with E-state index in [0.29, 0.717) is 5.92 Å². The number of ether oxygens (including phenoxy) is 1. The molecule has 0 unspecified atom stereocenters. The van der Waals surface area contributed by atoms with E-state index in [2.05, 4.69) is 0 Å². The molecule has 1 saturated carbocycles. The van der Waals surface area contributed by atoms with Crippen molar-refractivity contribution < 1.29 is 9.13 Å². The Morgan fingerprint density at radius 1 is 1.08 bits per heavy atom. The van der Waals surface area contributed by atoms with Crippen LogP contribution in [-0.4, -0.2) is 18.9 Å². The van der Waals surface area contributed by atoms with Crippen LogP contribution in [0.4, 0.5) is 4.39 Å². The Balaban J connectivity index is 1.89. The van der Waals surface area contributed by atoms with Gasteiger partial charge >= 0.3 is 0 Å². The Labute approximate surface area is 79.0 Å². The molecule has 0 bridgehead atoms. The van der Waals surface area contributed by atoms with Gasteiger partial charge in [0, 0.05) is 0 Å².